The minimum absolute atomic E-state index is 0.761. The second kappa shape index (κ2) is 11.0. The van der Waals surface area contributed by atoms with Crippen molar-refractivity contribution in [2.24, 2.45) is 5.92 Å². The van der Waals surface area contributed by atoms with Gasteiger partial charge in [-0.25, -0.2) is 0 Å². The third kappa shape index (κ3) is 11.6. The Morgan fingerprint density at radius 2 is 1.88 bits per heavy atom. The van der Waals surface area contributed by atoms with Gasteiger partial charge in [-0.05, 0) is 45.4 Å². The van der Waals surface area contributed by atoms with E-state index in [1.165, 1.54) is 32.2 Å². The van der Waals surface area contributed by atoms with Crippen LogP contribution in [0, 0.1) is 18.3 Å². The van der Waals surface area contributed by atoms with Gasteiger partial charge in [0.15, 0.2) is 0 Å². The number of nitrogens with zero attached hydrogens (tertiary/aromatic N) is 1. The van der Waals surface area contributed by atoms with E-state index in [4.69, 9.17) is 6.42 Å². The van der Waals surface area contributed by atoms with Gasteiger partial charge in [0.2, 0.25) is 0 Å². The topological polar surface area (TPSA) is 15.3 Å². The molecule has 0 fully saturated rings. The van der Waals surface area contributed by atoms with Crippen molar-refractivity contribution < 1.29 is 0 Å². The van der Waals surface area contributed by atoms with Crippen LogP contribution in [0.1, 0.15) is 39.5 Å². The monoisotopic (exact) mass is 224 g/mol. The van der Waals surface area contributed by atoms with Gasteiger partial charge < -0.3 is 5.32 Å². The highest BCUT2D eigenvalue weighted by molar-refractivity contribution is 4.86. The van der Waals surface area contributed by atoms with E-state index in [9.17, 15) is 0 Å². The van der Waals surface area contributed by atoms with Gasteiger partial charge in [-0.1, -0.05) is 32.6 Å². The van der Waals surface area contributed by atoms with Crippen molar-refractivity contribution in [1.82, 2.24) is 10.2 Å². The summed E-state index contributed by atoms with van der Waals surface area (Å²) in [6, 6.07) is 0. The van der Waals surface area contributed by atoms with E-state index < -0.39 is 0 Å². The first kappa shape index (κ1) is 15.5. The molecule has 0 heterocycles. The maximum absolute atomic E-state index is 5.24. The van der Waals surface area contributed by atoms with E-state index in [2.05, 4.69) is 37.0 Å². The first-order valence-corrected chi connectivity index (χ1v) is 6.49. The highest BCUT2D eigenvalue weighted by Crippen LogP contribution is 2.00. The van der Waals surface area contributed by atoms with Crippen LogP contribution in [-0.2, 0) is 0 Å². The Hall–Kier alpha value is -0.520. The van der Waals surface area contributed by atoms with Gasteiger partial charge in [0.25, 0.3) is 0 Å². The van der Waals surface area contributed by atoms with Gasteiger partial charge in [0.1, 0.15) is 0 Å². The molecule has 0 aliphatic carbocycles. The SMILES string of the molecule is C#CCN(C)CCCCCCNCC(C)C. The van der Waals surface area contributed by atoms with Crippen LogP contribution in [0.3, 0.4) is 0 Å². The summed E-state index contributed by atoms with van der Waals surface area (Å²) in [5, 5.41) is 3.47. The van der Waals surface area contributed by atoms with Gasteiger partial charge in [-0.15, -0.1) is 6.42 Å². The fourth-order valence-electron chi connectivity index (χ4n) is 1.61. The highest BCUT2D eigenvalue weighted by Gasteiger charge is 1.96. The molecule has 1 N–H and O–H groups in total. The number of hydrogen-bond donors (Lipinski definition) is 1. The second-order valence-electron chi connectivity index (χ2n) is 4.95. The summed E-state index contributed by atoms with van der Waals surface area (Å²) in [6.07, 6.45) is 10.4. The number of rotatable bonds is 10. The summed E-state index contributed by atoms with van der Waals surface area (Å²) in [4.78, 5) is 2.21. The van der Waals surface area contributed by atoms with Crippen LogP contribution in [0.25, 0.3) is 0 Å². The van der Waals surface area contributed by atoms with E-state index in [0.717, 1.165) is 25.6 Å². The van der Waals surface area contributed by atoms with Crippen LogP contribution in [0.5, 0.6) is 0 Å². The first-order valence-electron chi connectivity index (χ1n) is 6.49. The predicted octanol–water partition coefficient (Wildman–Crippen LogP) is 2.36. The molecule has 94 valence electrons. The Morgan fingerprint density at radius 1 is 1.19 bits per heavy atom. The zero-order valence-corrected chi connectivity index (χ0v) is 11.3. The minimum atomic E-state index is 0.761. The molecule has 0 aromatic carbocycles. The van der Waals surface area contributed by atoms with Gasteiger partial charge in [-0.2, -0.15) is 0 Å². The number of nitrogens with one attached hydrogen (secondary N) is 1. The van der Waals surface area contributed by atoms with Crippen molar-refractivity contribution in [3.05, 3.63) is 0 Å². The summed E-state index contributed by atoms with van der Waals surface area (Å²) in [7, 11) is 2.09. The highest BCUT2D eigenvalue weighted by atomic mass is 15.1. The van der Waals surface area contributed by atoms with Crippen molar-refractivity contribution in [1.29, 1.82) is 0 Å². The molecule has 0 aliphatic heterocycles. The van der Waals surface area contributed by atoms with E-state index in [0.29, 0.717) is 0 Å². The van der Waals surface area contributed by atoms with Crippen LogP contribution in [-0.4, -0.2) is 38.1 Å². The van der Waals surface area contributed by atoms with Gasteiger partial charge in [0, 0.05) is 0 Å². The maximum atomic E-state index is 5.24. The van der Waals surface area contributed by atoms with Crippen LogP contribution >= 0.6 is 0 Å². The smallest absolute Gasteiger partial charge is 0.0596 e. The molecule has 0 aromatic heterocycles. The van der Waals surface area contributed by atoms with Crippen molar-refractivity contribution in [3.8, 4) is 12.3 Å². The molecule has 0 spiro atoms. The third-order valence-electron chi connectivity index (χ3n) is 2.56. The van der Waals surface area contributed by atoms with Crippen LogP contribution in [0.4, 0.5) is 0 Å². The molecule has 0 atom stereocenters. The standard InChI is InChI=1S/C14H28N2/c1-5-11-16(4)12-9-7-6-8-10-15-13-14(2)3/h1,14-15H,6-13H2,2-4H3. The van der Waals surface area contributed by atoms with Gasteiger partial charge in [-0.3, -0.25) is 4.90 Å². The Bertz CT molecular complexity index is 182. The summed E-state index contributed by atoms with van der Waals surface area (Å²) < 4.78 is 0. The molecule has 16 heavy (non-hydrogen) atoms. The fourth-order valence-corrected chi connectivity index (χ4v) is 1.61. The number of unbranched alkanes of at least 4 members (excludes halogenated alkanes) is 3. The summed E-state index contributed by atoms with van der Waals surface area (Å²) in [5.74, 6) is 3.42. The quantitative estimate of drug-likeness (QED) is 0.453. The molecule has 2 nitrogen and oxygen atoms in total. The normalized spacial score (nSPS) is 11.0. The van der Waals surface area contributed by atoms with Crippen LogP contribution in [0.15, 0.2) is 0 Å². The van der Waals surface area contributed by atoms with Gasteiger partial charge in [0.05, 0.1) is 6.54 Å². The van der Waals surface area contributed by atoms with Crippen molar-refractivity contribution >= 4 is 0 Å². The van der Waals surface area contributed by atoms with E-state index in [-0.39, 0.29) is 0 Å². The average molecular weight is 224 g/mol. The minimum Gasteiger partial charge on any atom is -0.316 e. The molecule has 0 unspecified atom stereocenters. The average Bonchev–Trinajstić information content (AvgIpc) is 2.22. The molecule has 2 heteroatoms. The van der Waals surface area contributed by atoms with Gasteiger partial charge >= 0.3 is 0 Å². The molecule has 0 saturated carbocycles. The fraction of sp³-hybridized carbons (Fsp3) is 0.857. The zero-order chi connectivity index (χ0) is 12.2. The lowest BCUT2D eigenvalue weighted by Crippen LogP contribution is -2.21. The van der Waals surface area contributed by atoms with E-state index in [1.807, 2.05) is 0 Å². The zero-order valence-electron chi connectivity index (χ0n) is 11.3. The Kier molecular flexibility index (Phi) is 10.6. The number of hydrogen-bond acceptors (Lipinski definition) is 2. The van der Waals surface area contributed by atoms with Crippen LogP contribution in [0.2, 0.25) is 0 Å². The molecule has 0 amide bonds. The Labute approximate surface area is 102 Å². The summed E-state index contributed by atoms with van der Waals surface area (Å²) in [5.41, 5.74) is 0. The summed E-state index contributed by atoms with van der Waals surface area (Å²) in [6.45, 7) is 8.70. The lowest BCUT2D eigenvalue weighted by molar-refractivity contribution is 0.361. The molecule has 0 bridgehead atoms. The lowest BCUT2D eigenvalue weighted by Gasteiger charge is -2.12. The molecular formula is C14H28N2. The van der Waals surface area contributed by atoms with Crippen molar-refractivity contribution in [3.63, 3.8) is 0 Å². The van der Waals surface area contributed by atoms with Crippen molar-refractivity contribution in [2.45, 2.75) is 39.5 Å². The number of terminal acetylenes is 1. The molecule has 0 rings (SSSR count). The Balaban J connectivity index is 3.07. The van der Waals surface area contributed by atoms with E-state index in [1.54, 1.807) is 0 Å². The maximum Gasteiger partial charge on any atom is 0.0596 e. The molecule has 0 radical (unpaired) electrons. The third-order valence-corrected chi connectivity index (χ3v) is 2.56. The lowest BCUT2D eigenvalue weighted by atomic mass is 10.2. The van der Waals surface area contributed by atoms with Crippen molar-refractivity contribution in [2.75, 3.05) is 33.2 Å². The molecule has 0 aromatic rings. The largest absolute Gasteiger partial charge is 0.316 e. The first-order chi connectivity index (χ1) is 7.66. The van der Waals surface area contributed by atoms with Crippen LogP contribution < -0.4 is 5.32 Å². The molecular weight excluding hydrogens is 196 g/mol. The van der Waals surface area contributed by atoms with E-state index >= 15 is 0 Å². The molecule has 0 saturated heterocycles. The Morgan fingerprint density at radius 3 is 2.50 bits per heavy atom. The second-order valence-corrected chi connectivity index (χ2v) is 4.95. The molecule has 0 aliphatic rings. The predicted molar refractivity (Wildman–Crippen MR) is 72.5 cm³/mol. The summed E-state index contributed by atoms with van der Waals surface area (Å²) >= 11 is 0.